The summed E-state index contributed by atoms with van der Waals surface area (Å²) in [4.78, 5) is 11.1. The van der Waals surface area contributed by atoms with Gasteiger partial charge in [-0.05, 0) is 23.8 Å². The Labute approximate surface area is 116 Å². The molecule has 2 aromatic carbocycles. The lowest BCUT2D eigenvalue weighted by atomic mass is 10.1. The maximum absolute atomic E-state index is 11.1. The molecule has 0 fully saturated rings. The summed E-state index contributed by atoms with van der Waals surface area (Å²) in [5, 5.41) is 31.0. The number of carboxylic acids is 1. The normalized spacial score (nSPS) is 11.9. The van der Waals surface area contributed by atoms with Gasteiger partial charge in [0, 0.05) is 11.3 Å². The van der Waals surface area contributed by atoms with Crippen LogP contribution < -0.4 is 5.32 Å². The van der Waals surface area contributed by atoms with Crippen LogP contribution in [-0.4, -0.2) is 21.3 Å². The molecule has 0 amide bonds. The van der Waals surface area contributed by atoms with Crippen LogP contribution in [-0.2, 0) is 6.61 Å². The van der Waals surface area contributed by atoms with Crippen LogP contribution in [0.3, 0.4) is 0 Å². The summed E-state index contributed by atoms with van der Waals surface area (Å²) in [6.45, 7) is -0.0509. The third-order valence-corrected chi connectivity index (χ3v) is 2.93. The Morgan fingerprint density at radius 1 is 1.10 bits per heavy atom. The number of rotatable bonds is 5. The van der Waals surface area contributed by atoms with Crippen molar-refractivity contribution in [2.24, 2.45) is 0 Å². The molecular formula is C15H15NO4. The molecule has 4 N–H and O–H groups in total. The summed E-state index contributed by atoms with van der Waals surface area (Å²) in [5.41, 5.74) is 1.75. The Bertz CT molecular complexity index is 595. The maximum atomic E-state index is 11.1. The van der Waals surface area contributed by atoms with E-state index in [0.717, 1.165) is 5.56 Å². The Hall–Kier alpha value is -2.37. The Morgan fingerprint density at radius 3 is 2.35 bits per heavy atom. The van der Waals surface area contributed by atoms with Crippen LogP contribution >= 0.6 is 0 Å². The molecule has 5 heteroatoms. The fraction of sp³-hybridized carbons (Fsp3) is 0.133. The molecule has 0 aromatic heterocycles. The fourth-order valence-electron chi connectivity index (χ4n) is 1.87. The lowest BCUT2D eigenvalue weighted by Crippen LogP contribution is -2.14. The number of benzene rings is 2. The lowest BCUT2D eigenvalue weighted by Gasteiger charge is -2.16. The molecule has 104 valence electrons. The van der Waals surface area contributed by atoms with Crippen molar-refractivity contribution >= 4 is 11.7 Å². The minimum atomic E-state index is -1.12. The van der Waals surface area contributed by atoms with Gasteiger partial charge in [-0.25, -0.2) is 4.79 Å². The van der Waals surface area contributed by atoms with Gasteiger partial charge in [0.1, 0.15) is 0 Å². The van der Waals surface area contributed by atoms with Crippen molar-refractivity contribution in [3.63, 3.8) is 0 Å². The summed E-state index contributed by atoms with van der Waals surface area (Å²) in [5.74, 6) is -1.09. The minimum absolute atomic E-state index is 0.0509. The molecule has 0 aliphatic heterocycles. The molecule has 0 radical (unpaired) electrons. The highest BCUT2D eigenvalue weighted by molar-refractivity contribution is 5.89. The van der Waals surface area contributed by atoms with Crippen LogP contribution in [0.4, 0.5) is 5.69 Å². The van der Waals surface area contributed by atoms with Crippen molar-refractivity contribution in [1.82, 2.24) is 0 Å². The quantitative estimate of drug-likeness (QED) is 0.625. The van der Waals surface area contributed by atoms with Crippen molar-refractivity contribution in [2.45, 2.75) is 12.8 Å². The summed E-state index contributed by atoms with van der Waals surface area (Å²) in [6, 6.07) is 13.1. The second kappa shape index (κ2) is 6.18. The third kappa shape index (κ3) is 3.14. The van der Waals surface area contributed by atoms with Crippen molar-refractivity contribution in [3.8, 4) is 0 Å². The van der Waals surface area contributed by atoms with Crippen LogP contribution in [0.15, 0.2) is 48.5 Å². The summed E-state index contributed by atoms with van der Waals surface area (Å²) < 4.78 is 0. The monoisotopic (exact) mass is 273 g/mol. The first-order chi connectivity index (χ1) is 9.61. The molecule has 0 aliphatic rings. The van der Waals surface area contributed by atoms with Gasteiger partial charge in [-0.2, -0.15) is 0 Å². The lowest BCUT2D eigenvalue weighted by molar-refractivity contribution is 0.0690. The van der Waals surface area contributed by atoms with Crippen molar-refractivity contribution in [1.29, 1.82) is 0 Å². The van der Waals surface area contributed by atoms with Crippen LogP contribution in [0.1, 0.15) is 27.7 Å². The number of hydrogen-bond donors (Lipinski definition) is 4. The number of aliphatic hydroxyl groups excluding tert-OH is 2. The van der Waals surface area contributed by atoms with E-state index in [2.05, 4.69) is 5.32 Å². The number of carboxylic acid groups (broad SMARTS) is 1. The highest BCUT2D eigenvalue weighted by atomic mass is 16.4. The van der Waals surface area contributed by atoms with Crippen LogP contribution in [0.5, 0.6) is 0 Å². The molecule has 2 aromatic rings. The minimum Gasteiger partial charge on any atom is -0.478 e. The molecule has 20 heavy (non-hydrogen) atoms. The molecule has 0 aliphatic carbocycles. The molecule has 0 spiro atoms. The molecule has 5 nitrogen and oxygen atoms in total. The number of hydrogen-bond acceptors (Lipinski definition) is 4. The second-order valence-corrected chi connectivity index (χ2v) is 4.29. The highest BCUT2D eigenvalue weighted by Gasteiger charge is 2.16. The van der Waals surface area contributed by atoms with Gasteiger partial charge in [0.15, 0.2) is 6.23 Å². The molecule has 0 bridgehead atoms. The average molecular weight is 273 g/mol. The van der Waals surface area contributed by atoms with Crippen molar-refractivity contribution in [2.75, 3.05) is 5.32 Å². The van der Waals surface area contributed by atoms with Crippen LogP contribution in [0, 0.1) is 0 Å². The standard InChI is InChI=1S/C15H15NO4/c17-9-10-5-7-11(8-6-10)16-14(18)12-3-1-2-4-13(12)15(19)20/h1-8,14,16-18H,9H2,(H,19,20). The highest BCUT2D eigenvalue weighted by Crippen LogP contribution is 2.21. The zero-order chi connectivity index (χ0) is 14.5. The van der Waals surface area contributed by atoms with E-state index in [4.69, 9.17) is 10.2 Å². The predicted octanol–water partition coefficient (Wildman–Crippen LogP) is 1.98. The second-order valence-electron chi connectivity index (χ2n) is 4.29. The maximum Gasteiger partial charge on any atom is 0.336 e. The van der Waals surface area contributed by atoms with Crippen LogP contribution in [0.2, 0.25) is 0 Å². The molecular weight excluding hydrogens is 258 g/mol. The number of aliphatic hydroxyl groups is 2. The van der Waals surface area contributed by atoms with Gasteiger partial charge in [0.2, 0.25) is 0 Å². The first kappa shape index (κ1) is 14.0. The average Bonchev–Trinajstić information content (AvgIpc) is 2.48. The Morgan fingerprint density at radius 2 is 1.75 bits per heavy atom. The number of anilines is 1. The first-order valence-electron chi connectivity index (χ1n) is 6.08. The van der Waals surface area contributed by atoms with Gasteiger partial charge in [-0.1, -0.05) is 30.3 Å². The molecule has 0 heterocycles. The summed E-state index contributed by atoms with van der Waals surface area (Å²) in [7, 11) is 0. The van der Waals surface area contributed by atoms with Gasteiger partial charge < -0.3 is 20.6 Å². The fourth-order valence-corrected chi connectivity index (χ4v) is 1.87. The van der Waals surface area contributed by atoms with E-state index in [0.29, 0.717) is 11.3 Å². The topological polar surface area (TPSA) is 89.8 Å². The van der Waals surface area contributed by atoms with E-state index in [1.807, 2.05) is 0 Å². The van der Waals surface area contributed by atoms with Gasteiger partial charge in [0.25, 0.3) is 0 Å². The third-order valence-electron chi connectivity index (χ3n) is 2.93. The van der Waals surface area contributed by atoms with E-state index in [1.165, 1.54) is 6.07 Å². The SMILES string of the molecule is O=C(O)c1ccccc1C(O)Nc1ccc(CO)cc1. The van der Waals surface area contributed by atoms with E-state index in [-0.39, 0.29) is 12.2 Å². The van der Waals surface area contributed by atoms with E-state index in [1.54, 1.807) is 42.5 Å². The van der Waals surface area contributed by atoms with Crippen LogP contribution in [0.25, 0.3) is 0 Å². The van der Waals surface area contributed by atoms with E-state index < -0.39 is 12.2 Å². The Balaban J connectivity index is 2.19. The van der Waals surface area contributed by atoms with Gasteiger partial charge >= 0.3 is 5.97 Å². The van der Waals surface area contributed by atoms with Gasteiger partial charge in [-0.3, -0.25) is 0 Å². The zero-order valence-electron chi connectivity index (χ0n) is 10.7. The van der Waals surface area contributed by atoms with Gasteiger partial charge in [-0.15, -0.1) is 0 Å². The van der Waals surface area contributed by atoms with Crippen molar-refractivity contribution in [3.05, 3.63) is 65.2 Å². The smallest absolute Gasteiger partial charge is 0.336 e. The number of carbonyl (C=O) groups is 1. The molecule has 0 saturated carbocycles. The first-order valence-corrected chi connectivity index (χ1v) is 6.08. The summed E-state index contributed by atoms with van der Waals surface area (Å²) >= 11 is 0. The number of aromatic carboxylic acids is 1. The van der Waals surface area contributed by atoms with E-state index in [9.17, 15) is 9.90 Å². The molecule has 1 unspecified atom stereocenters. The molecule has 2 rings (SSSR count). The zero-order valence-corrected chi connectivity index (χ0v) is 10.7. The summed E-state index contributed by atoms with van der Waals surface area (Å²) in [6.07, 6.45) is -1.12. The molecule has 1 atom stereocenters. The Kier molecular flexibility index (Phi) is 4.34. The molecule has 0 saturated heterocycles. The largest absolute Gasteiger partial charge is 0.478 e. The van der Waals surface area contributed by atoms with Gasteiger partial charge in [0.05, 0.1) is 12.2 Å². The predicted molar refractivity (Wildman–Crippen MR) is 74.3 cm³/mol. The number of nitrogens with one attached hydrogen (secondary N) is 1. The van der Waals surface area contributed by atoms with Crippen molar-refractivity contribution < 1.29 is 20.1 Å². The van der Waals surface area contributed by atoms with E-state index >= 15 is 0 Å².